The number of nitrogens with zero attached hydrogens (tertiary/aromatic N) is 1. The normalized spacial score (nSPS) is 11.4. The molecule has 10 rings (SSSR count). The highest BCUT2D eigenvalue weighted by molar-refractivity contribution is 6.16. The highest BCUT2D eigenvalue weighted by Gasteiger charge is 2.18. The molecular weight excluding hydrogens is 599 g/mol. The van der Waals surface area contributed by atoms with E-state index in [0.717, 1.165) is 66.3 Å². The van der Waals surface area contributed by atoms with Crippen LogP contribution in [0.2, 0.25) is 0 Å². The van der Waals surface area contributed by atoms with Crippen molar-refractivity contribution in [1.29, 1.82) is 0 Å². The van der Waals surface area contributed by atoms with Gasteiger partial charge in [-0.05, 0) is 59.7 Å². The van der Waals surface area contributed by atoms with E-state index in [1.165, 1.54) is 27.4 Å². The third-order valence-electron chi connectivity index (χ3n) is 9.38. The van der Waals surface area contributed by atoms with Gasteiger partial charge in [0, 0.05) is 49.1 Å². The molecule has 49 heavy (non-hydrogen) atoms. The van der Waals surface area contributed by atoms with Crippen LogP contribution >= 0.6 is 0 Å². The second-order valence-electron chi connectivity index (χ2n) is 12.2. The summed E-state index contributed by atoms with van der Waals surface area (Å²) in [5, 5.41) is 6.93. The van der Waals surface area contributed by atoms with Gasteiger partial charge >= 0.3 is 0 Å². The number of benzene rings is 7. The Balaban J connectivity index is 0.000000773. The minimum atomic E-state index is 0.874. The van der Waals surface area contributed by atoms with E-state index < -0.39 is 0 Å². The number of rotatable bonds is 4. The summed E-state index contributed by atoms with van der Waals surface area (Å²) in [6.07, 6.45) is 3.28. The minimum Gasteiger partial charge on any atom is -0.455 e. The molecule has 10 aromatic rings. The first-order valence-electron chi connectivity index (χ1n) is 16.4. The predicted octanol–water partition coefficient (Wildman–Crippen LogP) is 13.3. The summed E-state index contributed by atoms with van der Waals surface area (Å²) in [5.41, 5.74) is 11.5. The summed E-state index contributed by atoms with van der Waals surface area (Å²) in [5.74, 6) is 0. The highest BCUT2D eigenvalue weighted by Crippen LogP contribution is 2.42. The number of aromatic nitrogens is 1. The van der Waals surface area contributed by atoms with Gasteiger partial charge in [-0.2, -0.15) is 0 Å². The average molecular weight is 630 g/mol. The van der Waals surface area contributed by atoms with E-state index >= 15 is 0 Å². The van der Waals surface area contributed by atoms with Gasteiger partial charge in [-0.3, -0.25) is 0 Å². The molecular formula is C46H31NO2. The average Bonchev–Trinajstić information content (AvgIpc) is 3.84. The van der Waals surface area contributed by atoms with E-state index in [-0.39, 0.29) is 0 Å². The van der Waals surface area contributed by atoms with Crippen molar-refractivity contribution in [2.45, 2.75) is 0 Å². The third kappa shape index (κ3) is 4.59. The fraction of sp³-hybridized carbons (Fsp3) is 0. The summed E-state index contributed by atoms with van der Waals surface area (Å²) in [7, 11) is 0. The van der Waals surface area contributed by atoms with E-state index in [4.69, 9.17) is 8.83 Å². The highest BCUT2D eigenvalue weighted by atomic mass is 16.3. The van der Waals surface area contributed by atoms with Crippen LogP contribution in [0.4, 0.5) is 0 Å². The molecule has 232 valence electrons. The van der Waals surface area contributed by atoms with Crippen molar-refractivity contribution in [2.24, 2.45) is 0 Å². The number of hydrogen-bond donors (Lipinski definition) is 0. The molecule has 0 amide bonds. The molecule has 3 aromatic heterocycles. The molecule has 0 saturated carbocycles. The maximum absolute atomic E-state index is 6.59. The predicted molar refractivity (Wildman–Crippen MR) is 207 cm³/mol. The molecule has 3 heteroatoms. The smallest absolute Gasteiger partial charge is 0.143 e. The lowest BCUT2D eigenvalue weighted by Crippen LogP contribution is -1.92. The number of hydrogen-bond acceptors (Lipinski definition) is 2. The molecule has 0 aliphatic rings. The van der Waals surface area contributed by atoms with Gasteiger partial charge in [0.25, 0.3) is 0 Å². The third-order valence-corrected chi connectivity index (χ3v) is 9.38. The first-order chi connectivity index (χ1) is 24.2. The van der Waals surface area contributed by atoms with Crippen molar-refractivity contribution in [2.75, 3.05) is 0 Å². The van der Waals surface area contributed by atoms with E-state index in [0.29, 0.717) is 0 Å². The lowest BCUT2D eigenvalue weighted by Gasteiger charge is -2.08. The standard InChI is InChI=1S/C42H25NO2.C4H6/c1-2-10-28(11-3-1)43-37-18-6-4-12-29(37)35-24-26(20-22-38(35)43)27-21-23-40-36(25-27)34-17-9-16-33(42(34)45-40)32-15-8-14-31-30-13-5-7-19-39(30)44-41(31)32;1-3-4-2/h1-25H;3-4H,1-2H2. The van der Waals surface area contributed by atoms with Gasteiger partial charge in [-0.1, -0.05) is 128 Å². The largest absolute Gasteiger partial charge is 0.455 e. The summed E-state index contributed by atoms with van der Waals surface area (Å²) in [6.45, 7) is 6.72. The summed E-state index contributed by atoms with van der Waals surface area (Å²) < 4.78 is 15.3. The van der Waals surface area contributed by atoms with Crippen LogP contribution in [0.25, 0.3) is 93.6 Å². The molecule has 0 aliphatic carbocycles. The Morgan fingerprint density at radius 2 is 0.939 bits per heavy atom. The molecule has 0 radical (unpaired) electrons. The van der Waals surface area contributed by atoms with Crippen LogP contribution in [0.3, 0.4) is 0 Å². The summed E-state index contributed by atoms with van der Waals surface area (Å²) in [4.78, 5) is 0. The number of allylic oxidation sites excluding steroid dienone is 2. The number of fused-ring (bicyclic) bond motifs is 9. The van der Waals surface area contributed by atoms with Crippen molar-refractivity contribution >= 4 is 65.7 Å². The maximum Gasteiger partial charge on any atom is 0.143 e. The van der Waals surface area contributed by atoms with Crippen molar-refractivity contribution in [3.63, 3.8) is 0 Å². The van der Waals surface area contributed by atoms with Gasteiger partial charge in [-0.15, -0.1) is 0 Å². The quantitative estimate of drug-likeness (QED) is 0.181. The topological polar surface area (TPSA) is 31.2 Å². The van der Waals surface area contributed by atoms with Crippen LogP contribution in [0, 0.1) is 0 Å². The lowest BCUT2D eigenvalue weighted by atomic mass is 9.98. The zero-order valence-electron chi connectivity index (χ0n) is 26.8. The van der Waals surface area contributed by atoms with Gasteiger partial charge in [0.1, 0.15) is 22.3 Å². The fourth-order valence-electron chi connectivity index (χ4n) is 7.16. The molecule has 3 heterocycles. The van der Waals surface area contributed by atoms with Crippen LogP contribution in [0.1, 0.15) is 0 Å². The minimum absolute atomic E-state index is 0.874. The first kappa shape index (κ1) is 28.6. The van der Waals surface area contributed by atoms with Gasteiger partial charge in [0.2, 0.25) is 0 Å². The molecule has 0 fully saturated rings. The van der Waals surface area contributed by atoms with Crippen molar-refractivity contribution in [3.05, 3.63) is 177 Å². The fourth-order valence-corrected chi connectivity index (χ4v) is 7.16. The monoisotopic (exact) mass is 629 g/mol. The Hall–Kier alpha value is -6.58. The van der Waals surface area contributed by atoms with E-state index in [1.807, 2.05) is 12.1 Å². The zero-order valence-corrected chi connectivity index (χ0v) is 26.8. The summed E-state index contributed by atoms with van der Waals surface area (Å²) >= 11 is 0. The molecule has 0 N–H and O–H groups in total. The van der Waals surface area contributed by atoms with E-state index in [1.54, 1.807) is 12.2 Å². The van der Waals surface area contributed by atoms with E-state index in [9.17, 15) is 0 Å². The van der Waals surface area contributed by atoms with Crippen LogP contribution < -0.4 is 0 Å². The molecule has 0 atom stereocenters. The molecule has 3 nitrogen and oxygen atoms in total. The van der Waals surface area contributed by atoms with Crippen molar-refractivity contribution in [1.82, 2.24) is 4.57 Å². The van der Waals surface area contributed by atoms with Crippen molar-refractivity contribution < 1.29 is 8.83 Å². The van der Waals surface area contributed by atoms with Gasteiger partial charge in [0.15, 0.2) is 0 Å². The van der Waals surface area contributed by atoms with Crippen LogP contribution in [0.15, 0.2) is 186 Å². The number of furan rings is 2. The lowest BCUT2D eigenvalue weighted by molar-refractivity contribution is 0.665. The number of para-hydroxylation sites is 5. The first-order valence-corrected chi connectivity index (χ1v) is 16.4. The van der Waals surface area contributed by atoms with Gasteiger partial charge in [0.05, 0.1) is 11.0 Å². The van der Waals surface area contributed by atoms with Crippen molar-refractivity contribution in [3.8, 4) is 27.9 Å². The Morgan fingerprint density at radius 1 is 0.408 bits per heavy atom. The maximum atomic E-state index is 6.59. The van der Waals surface area contributed by atoms with Gasteiger partial charge in [-0.25, -0.2) is 0 Å². The molecule has 0 spiro atoms. The molecule has 0 aliphatic heterocycles. The Morgan fingerprint density at radius 3 is 1.65 bits per heavy atom. The van der Waals surface area contributed by atoms with Crippen LogP contribution in [-0.2, 0) is 0 Å². The molecule has 0 unspecified atom stereocenters. The van der Waals surface area contributed by atoms with E-state index in [2.05, 4.69) is 157 Å². The second kappa shape index (κ2) is 11.6. The summed E-state index contributed by atoms with van der Waals surface area (Å²) in [6, 6.07) is 53.6. The Bertz CT molecular complexity index is 2860. The SMILES string of the molecule is C=CC=C.c1ccc(-n2c3ccccc3c3cc(-c4ccc5oc6c(-c7cccc8c7oc7ccccc78)cccc6c5c4)ccc32)cc1. The van der Waals surface area contributed by atoms with Gasteiger partial charge < -0.3 is 13.4 Å². The zero-order chi connectivity index (χ0) is 32.9. The van der Waals surface area contributed by atoms with Crippen LogP contribution in [-0.4, -0.2) is 4.57 Å². The van der Waals surface area contributed by atoms with Crippen LogP contribution in [0.5, 0.6) is 0 Å². The molecule has 7 aromatic carbocycles. The Kier molecular flexibility index (Phi) is 6.77. The Labute approximate surface area is 283 Å². The molecule has 0 saturated heterocycles. The second-order valence-corrected chi connectivity index (χ2v) is 12.2. The molecule has 0 bridgehead atoms.